The maximum atomic E-state index is 12.2. The Labute approximate surface area is 113 Å². The Hall–Kier alpha value is -1.55. The van der Waals surface area contributed by atoms with Gasteiger partial charge < -0.3 is 15.7 Å². The number of hydrogen-bond acceptors (Lipinski definition) is 3. The number of amides is 1. The predicted molar refractivity (Wildman–Crippen MR) is 74.4 cm³/mol. The first kappa shape index (κ1) is 12.5. The number of anilines is 1. The molecule has 1 aliphatic heterocycles. The highest BCUT2D eigenvalue weighted by Gasteiger charge is 2.21. The minimum Gasteiger partial charge on any atom is -0.393 e. The molecule has 1 aromatic rings. The van der Waals surface area contributed by atoms with Gasteiger partial charge in [-0.15, -0.1) is 0 Å². The van der Waals surface area contributed by atoms with Crippen LogP contribution in [-0.2, 0) is 6.42 Å². The lowest BCUT2D eigenvalue weighted by Gasteiger charge is -2.26. The SMILES string of the molecule is O=C(NC1CCC(O)CC1)c1ccc2c(c1)NCC2. The van der Waals surface area contributed by atoms with Gasteiger partial charge in [0.25, 0.3) is 5.91 Å². The van der Waals surface area contributed by atoms with E-state index in [1.54, 1.807) is 0 Å². The second kappa shape index (κ2) is 5.21. The highest BCUT2D eigenvalue weighted by atomic mass is 16.3. The van der Waals surface area contributed by atoms with Crippen LogP contribution in [0.1, 0.15) is 41.6 Å². The van der Waals surface area contributed by atoms with Crippen molar-refractivity contribution in [3.63, 3.8) is 0 Å². The number of carbonyl (C=O) groups is 1. The van der Waals surface area contributed by atoms with Gasteiger partial charge in [-0.2, -0.15) is 0 Å². The van der Waals surface area contributed by atoms with Crippen molar-refractivity contribution in [1.82, 2.24) is 5.32 Å². The van der Waals surface area contributed by atoms with Crippen LogP contribution in [-0.4, -0.2) is 29.7 Å². The Kier molecular flexibility index (Phi) is 3.42. The summed E-state index contributed by atoms with van der Waals surface area (Å²) in [5, 5.41) is 15.8. The number of hydrogen-bond donors (Lipinski definition) is 3. The largest absolute Gasteiger partial charge is 0.393 e. The van der Waals surface area contributed by atoms with E-state index in [4.69, 9.17) is 0 Å². The Bertz CT molecular complexity index is 479. The standard InChI is InChI=1S/C15H20N2O2/c18-13-5-3-12(4-6-13)17-15(19)11-2-1-10-7-8-16-14(10)9-11/h1-2,9,12-13,16,18H,3-8H2,(H,17,19). The first-order valence-corrected chi connectivity index (χ1v) is 7.08. The van der Waals surface area contributed by atoms with Crippen molar-refractivity contribution in [2.75, 3.05) is 11.9 Å². The summed E-state index contributed by atoms with van der Waals surface area (Å²) in [7, 11) is 0. The topological polar surface area (TPSA) is 61.4 Å². The molecule has 1 aliphatic carbocycles. The van der Waals surface area contributed by atoms with E-state index in [-0.39, 0.29) is 18.1 Å². The van der Waals surface area contributed by atoms with Gasteiger partial charge in [0.05, 0.1) is 6.10 Å². The van der Waals surface area contributed by atoms with Gasteiger partial charge in [-0.3, -0.25) is 4.79 Å². The zero-order valence-corrected chi connectivity index (χ0v) is 11.0. The van der Waals surface area contributed by atoms with Crippen molar-refractivity contribution in [1.29, 1.82) is 0 Å². The van der Waals surface area contributed by atoms with Crippen LogP contribution in [0.5, 0.6) is 0 Å². The van der Waals surface area contributed by atoms with Crippen molar-refractivity contribution < 1.29 is 9.90 Å². The maximum Gasteiger partial charge on any atom is 0.251 e. The van der Waals surface area contributed by atoms with Crippen molar-refractivity contribution in [2.24, 2.45) is 0 Å². The molecule has 0 saturated heterocycles. The van der Waals surface area contributed by atoms with Crippen molar-refractivity contribution in [3.05, 3.63) is 29.3 Å². The molecule has 4 nitrogen and oxygen atoms in total. The van der Waals surface area contributed by atoms with Crippen molar-refractivity contribution in [2.45, 2.75) is 44.2 Å². The van der Waals surface area contributed by atoms with E-state index in [1.165, 1.54) is 5.56 Å². The highest BCUT2D eigenvalue weighted by Crippen LogP contribution is 2.24. The molecular formula is C15H20N2O2. The average molecular weight is 260 g/mol. The lowest BCUT2D eigenvalue weighted by Crippen LogP contribution is -2.38. The zero-order valence-electron chi connectivity index (χ0n) is 11.0. The molecule has 0 bridgehead atoms. The van der Waals surface area contributed by atoms with Gasteiger partial charge >= 0.3 is 0 Å². The number of nitrogens with one attached hydrogen (secondary N) is 2. The molecule has 0 unspecified atom stereocenters. The normalized spacial score (nSPS) is 25.5. The van der Waals surface area contributed by atoms with Gasteiger partial charge in [0.15, 0.2) is 0 Å². The van der Waals surface area contributed by atoms with Gasteiger partial charge in [-0.1, -0.05) is 6.07 Å². The second-order valence-corrected chi connectivity index (χ2v) is 5.53. The number of aliphatic hydroxyl groups excluding tert-OH is 1. The van der Waals surface area contributed by atoms with E-state index in [2.05, 4.69) is 10.6 Å². The fourth-order valence-electron chi connectivity index (χ4n) is 2.92. The molecule has 102 valence electrons. The lowest BCUT2D eigenvalue weighted by atomic mass is 9.93. The summed E-state index contributed by atoms with van der Waals surface area (Å²) in [6, 6.07) is 6.08. The van der Waals surface area contributed by atoms with Crippen molar-refractivity contribution >= 4 is 11.6 Å². The monoisotopic (exact) mass is 260 g/mol. The van der Waals surface area contributed by atoms with E-state index in [1.807, 2.05) is 18.2 Å². The van der Waals surface area contributed by atoms with E-state index in [9.17, 15) is 9.90 Å². The van der Waals surface area contributed by atoms with E-state index >= 15 is 0 Å². The molecule has 0 atom stereocenters. The molecular weight excluding hydrogens is 240 g/mol. The van der Waals surface area contributed by atoms with Crippen LogP contribution < -0.4 is 10.6 Å². The summed E-state index contributed by atoms with van der Waals surface area (Å²) in [6.45, 7) is 0.959. The number of benzene rings is 1. The molecule has 19 heavy (non-hydrogen) atoms. The molecule has 1 fully saturated rings. The zero-order chi connectivity index (χ0) is 13.2. The van der Waals surface area contributed by atoms with Crippen LogP contribution >= 0.6 is 0 Å². The van der Waals surface area contributed by atoms with Gasteiger partial charge in [0.1, 0.15) is 0 Å². The Morgan fingerprint density at radius 3 is 2.84 bits per heavy atom. The summed E-state index contributed by atoms with van der Waals surface area (Å²) >= 11 is 0. The van der Waals surface area contributed by atoms with Crippen LogP contribution in [0.4, 0.5) is 5.69 Å². The van der Waals surface area contributed by atoms with Crippen LogP contribution in [0.15, 0.2) is 18.2 Å². The molecule has 0 aromatic heterocycles. The second-order valence-electron chi connectivity index (χ2n) is 5.53. The smallest absolute Gasteiger partial charge is 0.251 e. The third-order valence-electron chi connectivity index (χ3n) is 4.11. The number of carbonyl (C=O) groups excluding carboxylic acids is 1. The van der Waals surface area contributed by atoms with Crippen LogP contribution in [0.2, 0.25) is 0 Å². The summed E-state index contributed by atoms with van der Waals surface area (Å²) in [5.41, 5.74) is 3.10. The van der Waals surface area contributed by atoms with E-state index in [0.29, 0.717) is 0 Å². The minimum atomic E-state index is -0.183. The van der Waals surface area contributed by atoms with Crippen LogP contribution in [0.25, 0.3) is 0 Å². The first-order chi connectivity index (χ1) is 9.22. The first-order valence-electron chi connectivity index (χ1n) is 7.08. The predicted octanol–water partition coefficient (Wildman–Crippen LogP) is 1.69. The molecule has 2 aliphatic rings. The molecule has 4 heteroatoms. The number of fused-ring (bicyclic) bond motifs is 1. The van der Waals surface area contributed by atoms with Gasteiger partial charge in [0, 0.05) is 23.8 Å². The Morgan fingerprint density at radius 1 is 1.26 bits per heavy atom. The Balaban J connectivity index is 1.64. The summed E-state index contributed by atoms with van der Waals surface area (Å²) < 4.78 is 0. The minimum absolute atomic E-state index is 0.00195. The molecule has 1 saturated carbocycles. The molecule has 3 rings (SSSR count). The van der Waals surface area contributed by atoms with Gasteiger partial charge in [-0.25, -0.2) is 0 Å². The third kappa shape index (κ3) is 2.73. The fraction of sp³-hybridized carbons (Fsp3) is 0.533. The molecule has 1 amide bonds. The number of rotatable bonds is 2. The lowest BCUT2D eigenvalue weighted by molar-refractivity contribution is 0.0867. The van der Waals surface area contributed by atoms with Gasteiger partial charge in [0.2, 0.25) is 0 Å². The highest BCUT2D eigenvalue weighted by molar-refractivity contribution is 5.95. The Morgan fingerprint density at radius 2 is 2.05 bits per heavy atom. The van der Waals surface area contributed by atoms with Crippen LogP contribution in [0, 0.1) is 0 Å². The number of aliphatic hydroxyl groups is 1. The summed E-state index contributed by atoms with van der Waals surface area (Å²) in [5.74, 6) is -0.00195. The van der Waals surface area contributed by atoms with E-state index in [0.717, 1.165) is 49.9 Å². The molecule has 0 radical (unpaired) electrons. The summed E-state index contributed by atoms with van der Waals surface area (Å²) in [6.07, 6.45) is 4.18. The van der Waals surface area contributed by atoms with E-state index < -0.39 is 0 Å². The quantitative estimate of drug-likeness (QED) is 0.758. The molecule has 1 heterocycles. The molecule has 1 aromatic carbocycles. The van der Waals surface area contributed by atoms with Crippen molar-refractivity contribution in [3.8, 4) is 0 Å². The summed E-state index contributed by atoms with van der Waals surface area (Å²) in [4.78, 5) is 12.2. The average Bonchev–Trinajstić information content (AvgIpc) is 2.88. The molecule has 3 N–H and O–H groups in total. The molecule has 0 spiro atoms. The van der Waals surface area contributed by atoms with Crippen LogP contribution in [0.3, 0.4) is 0 Å². The maximum absolute atomic E-state index is 12.2. The third-order valence-corrected chi connectivity index (χ3v) is 4.11. The fourth-order valence-corrected chi connectivity index (χ4v) is 2.92. The van der Waals surface area contributed by atoms with Gasteiger partial charge in [-0.05, 0) is 49.8 Å².